The Hall–Kier alpha value is -4.71. The zero-order valence-corrected chi connectivity index (χ0v) is 19.9. The number of likely N-dealkylation sites (N-methyl/N-ethyl adjacent to an activating group) is 1. The molecule has 180 valence electrons. The Morgan fingerprint density at radius 1 is 1.22 bits per heavy atom. The Bertz CT molecular complexity index is 1470. The molecule has 0 radical (unpaired) electrons. The van der Waals surface area contributed by atoms with Gasteiger partial charge in [-0.1, -0.05) is 29.6 Å². The van der Waals surface area contributed by atoms with Crippen LogP contribution in [0.1, 0.15) is 6.42 Å². The molecule has 1 fully saturated rings. The van der Waals surface area contributed by atoms with Gasteiger partial charge in [0, 0.05) is 12.6 Å². The second kappa shape index (κ2) is 9.88. The molecule has 4 aromatic rings. The summed E-state index contributed by atoms with van der Waals surface area (Å²) in [6.45, 7) is 4.52. The Labute approximate surface area is 208 Å². The van der Waals surface area contributed by atoms with Crippen LogP contribution in [0.3, 0.4) is 0 Å². The molecule has 0 bridgehead atoms. The van der Waals surface area contributed by atoms with Gasteiger partial charge in [-0.2, -0.15) is 5.10 Å². The molecule has 1 aliphatic rings. The number of nitrogen functional groups attached to an aromatic ring is 1. The average Bonchev–Trinajstić information content (AvgIpc) is 3.59. The van der Waals surface area contributed by atoms with Crippen LogP contribution >= 0.6 is 0 Å². The second-order valence-corrected chi connectivity index (χ2v) is 8.54. The monoisotopic (exact) mass is 480 g/mol. The van der Waals surface area contributed by atoms with Gasteiger partial charge in [-0.3, -0.25) is 4.79 Å². The quantitative estimate of drug-likeness (QED) is 0.397. The van der Waals surface area contributed by atoms with Crippen LogP contribution in [0, 0.1) is 12.0 Å². The lowest BCUT2D eigenvalue weighted by Gasteiger charge is -2.12. The van der Waals surface area contributed by atoms with E-state index in [1.807, 2.05) is 54.6 Å². The number of hydrogen-bond donors (Lipinski definition) is 1. The summed E-state index contributed by atoms with van der Waals surface area (Å²) >= 11 is 0. The molecule has 2 unspecified atom stereocenters. The largest absolute Gasteiger partial charge is 0.457 e. The summed E-state index contributed by atoms with van der Waals surface area (Å²) in [5.74, 6) is 1.93. The molecule has 0 saturated heterocycles. The van der Waals surface area contributed by atoms with Crippen LogP contribution in [0.2, 0.25) is 0 Å². The summed E-state index contributed by atoms with van der Waals surface area (Å²) in [6, 6.07) is 20.6. The molecular formula is C27H26N7O2+. The average molecular weight is 481 g/mol. The van der Waals surface area contributed by atoms with Crippen LogP contribution in [0.25, 0.3) is 27.1 Å². The second-order valence-electron chi connectivity index (χ2n) is 8.54. The van der Waals surface area contributed by atoms with E-state index in [0.29, 0.717) is 35.6 Å². The SMILES string of the molecule is C=CC(=O)N(C)C1CC1C#[N+]CCn1nc(-c2ccc(Oc3ccccc3)cc2)c2c(N)ncnc21. The summed E-state index contributed by atoms with van der Waals surface area (Å²) in [5, 5.41) is 5.49. The first-order valence-corrected chi connectivity index (χ1v) is 11.7. The lowest BCUT2D eigenvalue weighted by atomic mass is 10.1. The van der Waals surface area contributed by atoms with E-state index >= 15 is 0 Å². The van der Waals surface area contributed by atoms with Crippen molar-refractivity contribution in [3.8, 4) is 28.8 Å². The van der Waals surface area contributed by atoms with Gasteiger partial charge in [0.15, 0.2) is 5.65 Å². The van der Waals surface area contributed by atoms with Crippen molar-refractivity contribution >= 4 is 22.8 Å². The smallest absolute Gasteiger partial charge is 0.282 e. The zero-order chi connectivity index (χ0) is 25.1. The number of carbonyl (C=O) groups is 1. The molecule has 9 heteroatoms. The van der Waals surface area contributed by atoms with Gasteiger partial charge >= 0.3 is 0 Å². The number of hydrogen-bond acceptors (Lipinski definition) is 6. The van der Waals surface area contributed by atoms with Gasteiger partial charge in [0.05, 0.1) is 11.4 Å². The number of anilines is 1. The predicted molar refractivity (Wildman–Crippen MR) is 139 cm³/mol. The number of ether oxygens (including phenoxy) is 1. The highest BCUT2D eigenvalue weighted by atomic mass is 16.5. The standard InChI is InChI=1S/C27H26N7O2/c1-3-23(35)33(2)22-15-19(22)16-29-13-14-34-27-24(26(28)30-17-31-27)25(32-34)18-9-11-21(12-10-18)36-20-7-5-4-6-8-20/h3-12,17,19,22H,1,13-15H2,2H3,(H2,28,30,31)/q+1. The zero-order valence-electron chi connectivity index (χ0n) is 19.9. The molecule has 1 saturated carbocycles. The number of aromatic nitrogens is 4. The van der Waals surface area contributed by atoms with E-state index in [0.717, 1.165) is 23.5 Å². The molecule has 9 nitrogen and oxygen atoms in total. The minimum absolute atomic E-state index is 0.0863. The van der Waals surface area contributed by atoms with Gasteiger partial charge in [0.2, 0.25) is 5.91 Å². The highest BCUT2D eigenvalue weighted by molar-refractivity contribution is 5.98. The van der Waals surface area contributed by atoms with Crippen molar-refractivity contribution in [2.24, 2.45) is 5.92 Å². The highest BCUT2D eigenvalue weighted by Crippen LogP contribution is 2.35. The van der Waals surface area contributed by atoms with E-state index in [1.165, 1.54) is 12.4 Å². The van der Waals surface area contributed by atoms with Crippen molar-refractivity contribution < 1.29 is 9.53 Å². The van der Waals surface area contributed by atoms with Gasteiger partial charge in [-0.15, -0.1) is 0 Å². The predicted octanol–water partition coefficient (Wildman–Crippen LogP) is 4.23. The summed E-state index contributed by atoms with van der Waals surface area (Å²) in [4.78, 5) is 26.5. The minimum atomic E-state index is -0.0863. The topological polar surface area (TPSA) is 104 Å². The van der Waals surface area contributed by atoms with Gasteiger partial charge in [0.25, 0.3) is 12.6 Å². The fourth-order valence-electron chi connectivity index (χ4n) is 4.08. The summed E-state index contributed by atoms with van der Waals surface area (Å²) in [6.07, 6.45) is 3.62. The fourth-order valence-corrected chi connectivity index (χ4v) is 4.08. The number of carbonyl (C=O) groups excluding carboxylic acids is 1. The van der Waals surface area contributed by atoms with Crippen molar-refractivity contribution in [2.75, 3.05) is 19.3 Å². The molecule has 2 atom stereocenters. The van der Waals surface area contributed by atoms with Crippen LogP contribution in [-0.4, -0.2) is 50.2 Å². The molecular weight excluding hydrogens is 454 g/mol. The lowest BCUT2D eigenvalue weighted by Crippen LogP contribution is -2.27. The van der Waals surface area contributed by atoms with E-state index in [4.69, 9.17) is 15.6 Å². The van der Waals surface area contributed by atoms with Crippen LogP contribution in [0.5, 0.6) is 11.5 Å². The number of amides is 1. The Morgan fingerprint density at radius 3 is 2.72 bits per heavy atom. The maximum Gasteiger partial charge on any atom is 0.282 e. The molecule has 1 aliphatic carbocycles. The third-order valence-corrected chi connectivity index (χ3v) is 6.12. The van der Waals surface area contributed by atoms with E-state index in [2.05, 4.69) is 27.5 Å². The Balaban J connectivity index is 1.32. The molecule has 2 aromatic carbocycles. The summed E-state index contributed by atoms with van der Waals surface area (Å²) in [5.41, 5.74) is 8.45. The number of rotatable bonds is 7. The van der Waals surface area contributed by atoms with Gasteiger partial charge in [0.1, 0.15) is 41.8 Å². The third kappa shape index (κ3) is 4.74. The maximum absolute atomic E-state index is 11.7. The number of nitrogens with two attached hydrogens (primary N) is 1. The van der Waals surface area contributed by atoms with Gasteiger partial charge < -0.3 is 15.4 Å². The first-order chi connectivity index (χ1) is 17.5. The fraction of sp³-hybridized carbons (Fsp3) is 0.222. The Kier molecular flexibility index (Phi) is 6.33. The molecule has 36 heavy (non-hydrogen) atoms. The molecule has 1 amide bonds. The number of benzene rings is 2. The van der Waals surface area contributed by atoms with Crippen molar-refractivity contribution in [3.05, 3.63) is 78.4 Å². The summed E-state index contributed by atoms with van der Waals surface area (Å²) < 4.78 is 7.69. The van der Waals surface area contributed by atoms with Crippen LogP contribution in [0.15, 0.2) is 73.6 Å². The number of nitrogens with zero attached hydrogens (tertiary/aromatic N) is 6. The van der Waals surface area contributed by atoms with E-state index < -0.39 is 0 Å². The molecule has 0 spiro atoms. The van der Waals surface area contributed by atoms with Crippen molar-refractivity contribution in [3.63, 3.8) is 0 Å². The van der Waals surface area contributed by atoms with Crippen LogP contribution < -0.4 is 10.5 Å². The first kappa shape index (κ1) is 23.1. The molecule has 2 aromatic heterocycles. The minimum Gasteiger partial charge on any atom is -0.457 e. The normalized spacial score (nSPS) is 16.1. The molecule has 2 heterocycles. The van der Waals surface area contributed by atoms with Gasteiger partial charge in [-0.25, -0.2) is 14.6 Å². The van der Waals surface area contributed by atoms with Crippen molar-refractivity contribution in [1.82, 2.24) is 24.6 Å². The first-order valence-electron chi connectivity index (χ1n) is 11.7. The maximum atomic E-state index is 11.7. The Morgan fingerprint density at radius 2 is 1.97 bits per heavy atom. The van der Waals surface area contributed by atoms with Crippen molar-refractivity contribution in [2.45, 2.75) is 19.0 Å². The van der Waals surface area contributed by atoms with Crippen LogP contribution in [0.4, 0.5) is 5.82 Å². The molecule has 5 rings (SSSR count). The number of fused-ring (bicyclic) bond motifs is 1. The molecule has 2 N–H and O–H groups in total. The van der Waals surface area contributed by atoms with E-state index in [9.17, 15) is 4.79 Å². The van der Waals surface area contributed by atoms with E-state index in [-0.39, 0.29) is 17.9 Å². The van der Waals surface area contributed by atoms with Crippen molar-refractivity contribution in [1.29, 1.82) is 0 Å². The third-order valence-electron chi connectivity index (χ3n) is 6.12. The van der Waals surface area contributed by atoms with Gasteiger partial charge in [-0.05, 0) is 48.9 Å². The lowest BCUT2D eigenvalue weighted by molar-refractivity contribution is -0.125. The number of para-hydroxylation sites is 1. The summed E-state index contributed by atoms with van der Waals surface area (Å²) in [7, 11) is 1.78. The van der Waals surface area contributed by atoms with E-state index in [1.54, 1.807) is 16.6 Å². The highest BCUT2D eigenvalue weighted by Gasteiger charge is 2.45. The van der Waals surface area contributed by atoms with Crippen LogP contribution in [-0.2, 0) is 11.3 Å². The molecule has 0 aliphatic heterocycles.